The molecule has 2 nitrogen and oxygen atoms in total. The number of carbonyl (C=O) groups is 1. The molecule has 0 heterocycles. The van der Waals surface area contributed by atoms with Crippen LogP contribution in [0.4, 0.5) is 0 Å². The van der Waals surface area contributed by atoms with Crippen molar-refractivity contribution in [3.05, 3.63) is 0 Å². The molecule has 2 heteroatoms. The van der Waals surface area contributed by atoms with Crippen molar-refractivity contribution in [1.82, 2.24) is 0 Å². The van der Waals surface area contributed by atoms with E-state index in [0.29, 0.717) is 5.92 Å². The first-order chi connectivity index (χ1) is 5.06. The summed E-state index contributed by atoms with van der Waals surface area (Å²) in [6.07, 6.45) is 5.61. The van der Waals surface area contributed by atoms with Crippen molar-refractivity contribution >= 4 is 5.97 Å². The number of esters is 1. The van der Waals surface area contributed by atoms with E-state index in [4.69, 9.17) is 11.2 Å². The lowest BCUT2D eigenvalue weighted by molar-refractivity contribution is -0.141. The predicted octanol–water partition coefficient (Wildman–Crippen LogP) is 1.60. The summed E-state index contributed by atoms with van der Waals surface area (Å²) >= 11 is 0. The van der Waals surface area contributed by atoms with Gasteiger partial charge in [0, 0.05) is 5.92 Å². The van der Waals surface area contributed by atoms with Gasteiger partial charge in [0.15, 0.2) is 0 Å². The van der Waals surface area contributed by atoms with Gasteiger partial charge in [-0.2, -0.15) is 0 Å². The molecule has 0 rings (SSSR count). The van der Waals surface area contributed by atoms with Crippen LogP contribution in [0.1, 0.15) is 27.2 Å². The number of hydrogen-bond acceptors (Lipinski definition) is 2. The van der Waals surface area contributed by atoms with E-state index in [1.165, 1.54) is 0 Å². The van der Waals surface area contributed by atoms with Gasteiger partial charge in [0.2, 0.25) is 0 Å². The molecule has 62 valence electrons. The van der Waals surface area contributed by atoms with Crippen LogP contribution in [0.3, 0.4) is 0 Å². The first kappa shape index (κ1) is 10.0. The highest BCUT2D eigenvalue weighted by molar-refractivity contribution is 5.87. The summed E-state index contributed by atoms with van der Waals surface area (Å²) in [5.74, 6) is 1.86. The monoisotopic (exact) mass is 154 g/mol. The van der Waals surface area contributed by atoms with E-state index in [2.05, 4.69) is 13.8 Å². The lowest BCUT2D eigenvalue weighted by Gasteiger charge is -2.12. The number of terminal acetylenes is 1. The van der Waals surface area contributed by atoms with Gasteiger partial charge in [-0.25, -0.2) is 4.79 Å². The van der Waals surface area contributed by atoms with Gasteiger partial charge >= 0.3 is 5.97 Å². The summed E-state index contributed by atoms with van der Waals surface area (Å²) in [6.45, 7) is 5.98. The molecular weight excluding hydrogens is 140 g/mol. The average Bonchev–Trinajstić information content (AvgIpc) is 1.85. The fraction of sp³-hybridized carbons (Fsp3) is 0.667. The van der Waals surface area contributed by atoms with E-state index < -0.39 is 5.97 Å². The second-order valence-electron chi connectivity index (χ2n) is 2.99. The van der Waals surface area contributed by atoms with Crippen LogP contribution in [-0.2, 0) is 9.53 Å². The van der Waals surface area contributed by atoms with E-state index in [-0.39, 0.29) is 6.10 Å². The topological polar surface area (TPSA) is 26.3 Å². The number of hydrogen-bond donors (Lipinski definition) is 0. The molecule has 0 bridgehead atoms. The van der Waals surface area contributed by atoms with Crippen LogP contribution in [0.2, 0.25) is 0 Å². The van der Waals surface area contributed by atoms with Crippen LogP contribution in [0, 0.1) is 18.3 Å². The van der Waals surface area contributed by atoms with Crippen LogP contribution < -0.4 is 0 Å². The van der Waals surface area contributed by atoms with Crippen LogP contribution in [0.15, 0.2) is 0 Å². The van der Waals surface area contributed by atoms with Gasteiger partial charge in [-0.15, -0.1) is 6.42 Å². The van der Waals surface area contributed by atoms with Crippen LogP contribution in [0.25, 0.3) is 0 Å². The molecule has 0 aromatic heterocycles. The summed E-state index contributed by atoms with van der Waals surface area (Å²) in [5.41, 5.74) is 0. The number of ether oxygens (including phenoxy) is 1. The van der Waals surface area contributed by atoms with Crippen LogP contribution >= 0.6 is 0 Å². The third kappa shape index (κ3) is 5.47. The minimum absolute atomic E-state index is 0.0708. The molecule has 0 N–H and O–H groups in total. The van der Waals surface area contributed by atoms with Gasteiger partial charge < -0.3 is 4.74 Å². The van der Waals surface area contributed by atoms with Gasteiger partial charge in [0.05, 0.1) is 0 Å². The van der Waals surface area contributed by atoms with Crippen LogP contribution in [0.5, 0.6) is 0 Å². The maximum absolute atomic E-state index is 10.5. The van der Waals surface area contributed by atoms with Crippen molar-refractivity contribution in [2.75, 3.05) is 0 Å². The lowest BCUT2D eigenvalue weighted by atomic mass is 10.1. The van der Waals surface area contributed by atoms with Crippen molar-refractivity contribution in [2.45, 2.75) is 33.3 Å². The second-order valence-corrected chi connectivity index (χ2v) is 2.99. The predicted molar refractivity (Wildman–Crippen MR) is 43.8 cm³/mol. The molecule has 0 aromatic rings. The Bertz CT molecular complexity index is 165. The lowest BCUT2D eigenvalue weighted by Crippen LogP contribution is -2.15. The molecule has 0 amide bonds. The Morgan fingerprint density at radius 2 is 2.09 bits per heavy atom. The number of rotatable bonds is 3. The van der Waals surface area contributed by atoms with Crippen LogP contribution in [-0.4, -0.2) is 12.1 Å². The molecule has 0 saturated carbocycles. The first-order valence-electron chi connectivity index (χ1n) is 3.73. The zero-order valence-corrected chi connectivity index (χ0v) is 7.26. The van der Waals surface area contributed by atoms with Crippen molar-refractivity contribution in [3.8, 4) is 12.3 Å². The number of carbonyl (C=O) groups excluding carboxylic acids is 1. The quantitative estimate of drug-likeness (QED) is 0.350. The summed E-state index contributed by atoms with van der Waals surface area (Å²) in [7, 11) is 0. The highest BCUT2D eigenvalue weighted by atomic mass is 16.5. The molecule has 0 aliphatic carbocycles. The molecule has 0 radical (unpaired) electrons. The molecule has 11 heavy (non-hydrogen) atoms. The highest BCUT2D eigenvalue weighted by Crippen LogP contribution is 2.06. The second kappa shape index (κ2) is 4.79. The maximum Gasteiger partial charge on any atom is 0.384 e. The highest BCUT2D eigenvalue weighted by Gasteiger charge is 2.08. The van der Waals surface area contributed by atoms with Gasteiger partial charge in [-0.05, 0) is 19.3 Å². The Kier molecular flexibility index (Phi) is 4.36. The van der Waals surface area contributed by atoms with E-state index in [0.717, 1.165) is 6.42 Å². The Morgan fingerprint density at radius 3 is 2.45 bits per heavy atom. The van der Waals surface area contributed by atoms with E-state index in [1.54, 1.807) is 0 Å². The Balaban J connectivity index is 3.62. The van der Waals surface area contributed by atoms with Gasteiger partial charge in [0.1, 0.15) is 6.10 Å². The van der Waals surface area contributed by atoms with Crippen molar-refractivity contribution in [1.29, 1.82) is 0 Å². The molecular formula is C9H14O2. The largest absolute Gasteiger partial charge is 0.453 e. The molecule has 1 atom stereocenters. The Morgan fingerprint density at radius 1 is 1.55 bits per heavy atom. The van der Waals surface area contributed by atoms with Gasteiger partial charge in [-0.1, -0.05) is 13.8 Å². The molecule has 0 aliphatic heterocycles. The fourth-order valence-electron chi connectivity index (χ4n) is 0.929. The van der Waals surface area contributed by atoms with Gasteiger partial charge in [-0.3, -0.25) is 0 Å². The molecule has 0 saturated heterocycles. The van der Waals surface area contributed by atoms with E-state index in [1.807, 2.05) is 12.8 Å². The summed E-state index contributed by atoms with van der Waals surface area (Å²) < 4.78 is 4.84. The van der Waals surface area contributed by atoms with E-state index >= 15 is 0 Å². The average molecular weight is 154 g/mol. The zero-order valence-electron chi connectivity index (χ0n) is 7.26. The minimum atomic E-state index is -0.571. The Labute approximate surface area is 67.9 Å². The third-order valence-electron chi connectivity index (χ3n) is 1.23. The van der Waals surface area contributed by atoms with Crippen molar-refractivity contribution < 1.29 is 9.53 Å². The third-order valence-corrected chi connectivity index (χ3v) is 1.23. The molecule has 1 unspecified atom stereocenters. The van der Waals surface area contributed by atoms with Gasteiger partial charge in [0.25, 0.3) is 0 Å². The zero-order chi connectivity index (χ0) is 8.85. The molecule has 0 spiro atoms. The summed E-state index contributed by atoms with van der Waals surface area (Å²) in [6, 6.07) is 0. The molecule has 0 fully saturated rings. The van der Waals surface area contributed by atoms with E-state index in [9.17, 15) is 4.79 Å². The molecule has 0 aliphatic rings. The first-order valence-corrected chi connectivity index (χ1v) is 3.73. The normalized spacial score (nSPS) is 12.3. The fourth-order valence-corrected chi connectivity index (χ4v) is 0.929. The summed E-state index contributed by atoms with van der Waals surface area (Å²) in [5, 5.41) is 0. The maximum atomic E-state index is 10.5. The smallest absolute Gasteiger partial charge is 0.384 e. The molecule has 0 aromatic carbocycles. The Hall–Kier alpha value is -0.970. The minimum Gasteiger partial charge on any atom is -0.453 e. The summed E-state index contributed by atoms with van der Waals surface area (Å²) in [4.78, 5) is 10.5. The standard InChI is InChI=1S/C9H14O2/c1-5-9(10)11-8(4)6-7(2)3/h1,7-8H,6H2,2-4H3. The van der Waals surface area contributed by atoms with Crippen molar-refractivity contribution in [2.24, 2.45) is 5.92 Å². The SMILES string of the molecule is C#CC(=O)OC(C)CC(C)C. The van der Waals surface area contributed by atoms with Crippen molar-refractivity contribution in [3.63, 3.8) is 0 Å².